The molecule has 2 rings (SSSR count). The van der Waals surface area contributed by atoms with Crippen molar-refractivity contribution in [1.82, 2.24) is 14.5 Å². The van der Waals surface area contributed by atoms with E-state index in [9.17, 15) is 4.79 Å². The zero-order valence-corrected chi connectivity index (χ0v) is 14.6. The van der Waals surface area contributed by atoms with Crippen molar-refractivity contribution in [2.75, 3.05) is 33.9 Å². The first-order chi connectivity index (χ1) is 11.2. The van der Waals surface area contributed by atoms with Gasteiger partial charge >= 0.3 is 0 Å². The van der Waals surface area contributed by atoms with E-state index in [4.69, 9.17) is 9.47 Å². The minimum atomic E-state index is 0.220. The minimum absolute atomic E-state index is 0.220. The predicted octanol–water partition coefficient (Wildman–Crippen LogP) is 2.00. The SMILES string of the molecule is COCCC(=O)N1CCC(CCn2c(C)cnc2COC)CC1. The number of aromatic nitrogens is 2. The summed E-state index contributed by atoms with van der Waals surface area (Å²) in [5, 5.41) is 0. The molecule has 0 spiro atoms. The molecule has 1 saturated heterocycles. The number of imidazole rings is 1. The molecule has 1 aliphatic rings. The van der Waals surface area contributed by atoms with Gasteiger partial charge in [-0.2, -0.15) is 0 Å². The number of methoxy groups -OCH3 is 2. The van der Waals surface area contributed by atoms with E-state index in [0.29, 0.717) is 25.6 Å². The predicted molar refractivity (Wildman–Crippen MR) is 88.1 cm³/mol. The molecule has 1 aliphatic heterocycles. The minimum Gasteiger partial charge on any atom is -0.384 e. The lowest BCUT2D eigenvalue weighted by atomic mass is 9.93. The van der Waals surface area contributed by atoms with Gasteiger partial charge in [-0.15, -0.1) is 0 Å². The van der Waals surface area contributed by atoms with Gasteiger partial charge in [0.05, 0.1) is 13.0 Å². The van der Waals surface area contributed by atoms with Gasteiger partial charge in [-0.3, -0.25) is 4.79 Å². The molecule has 0 aliphatic carbocycles. The highest BCUT2D eigenvalue weighted by molar-refractivity contribution is 5.76. The average Bonchev–Trinajstić information content (AvgIpc) is 2.91. The largest absolute Gasteiger partial charge is 0.384 e. The Balaban J connectivity index is 1.77. The Hall–Kier alpha value is -1.40. The number of ether oxygens (including phenoxy) is 2. The third kappa shape index (κ3) is 5.04. The summed E-state index contributed by atoms with van der Waals surface area (Å²) in [6.07, 6.45) is 5.72. The molecule has 2 heterocycles. The molecule has 0 bridgehead atoms. The Bertz CT molecular complexity index is 493. The van der Waals surface area contributed by atoms with Crippen molar-refractivity contribution in [2.45, 2.75) is 45.8 Å². The molecule has 0 aromatic carbocycles. The highest BCUT2D eigenvalue weighted by Crippen LogP contribution is 2.22. The highest BCUT2D eigenvalue weighted by Gasteiger charge is 2.22. The van der Waals surface area contributed by atoms with Crippen LogP contribution >= 0.6 is 0 Å². The maximum Gasteiger partial charge on any atom is 0.224 e. The van der Waals surface area contributed by atoms with E-state index >= 15 is 0 Å². The average molecular weight is 323 g/mol. The summed E-state index contributed by atoms with van der Waals surface area (Å²) < 4.78 is 12.4. The second-order valence-corrected chi connectivity index (χ2v) is 6.26. The van der Waals surface area contributed by atoms with E-state index in [-0.39, 0.29) is 5.91 Å². The number of amides is 1. The molecular formula is C17H29N3O3. The van der Waals surface area contributed by atoms with Crippen LogP contribution in [-0.2, 0) is 27.4 Å². The summed E-state index contributed by atoms with van der Waals surface area (Å²) in [6.45, 7) is 5.89. The van der Waals surface area contributed by atoms with E-state index in [1.54, 1.807) is 14.2 Å². The first-order valence-corrected chi connectivity index (χ1v) is 8.42. The van der Waals surface area contributed by atoms with Gasteiger partial charge in [0.2, 0.25) is 5.91 Å². The molecule has 0 saturated carbocycles. The second kappa shape index (κ2) is 9.03. The normalized spacial score (nSPS) is 16.0. The maximum absolute atomic E-state index is 12.0. The van der Waals surface area contributed by atoms with Gasteiger partial charge in [0.15, 0.2) is 0 Å². The van der Waals surface area contributed by atoms with E-state index < -0.39 is 0 Å². The monoisotopic (exact) mass is 323 g/mol. The zero-order valence-electron chi connectivity index (χ0n) is 14.6. The number of carbonyl (C=O) groups excluding carboxylic acids is 1. The molecule has 0 radical (unpaired) electrons. The Kier molecular flexibility index (Phi) is 7.05. The van der Waals surface area contributed by atoms with Gasteiger partial charge in [0.1, 0.15) is 12.4 Å². The smallest absolute Gasteiger partial charge is 0.224 e. The van der Waals surface area contributed by atoms with Crippen molar-refractivity contribution in [2.24, 2.45) is 5.92 Å². The van der Waals surface area contributed by atoms with Gasteiger partial charge in [0.25, 0.3) is 0 Å². The van der Waals surface area contributed by atoms with Crippen LogP contribution in [0.4, 0.5) is 0 Å². The summed E-state index contributed by atoms with van der Waals surface area (Å²) in [6, 6.07) is 0. The molecule has 1 aromatic heterocycles. The fourth-order valence-electron chi connectivity index (χ4n) is 3.19. The van der Waals surface area contributed by atoms with Crippen LogP contribution in [0.3, 0.4) is 0 Å². The molecule has 1 aromatic rings. The Labute approximate surface area is 138 Å². The number of rotatable bonds is 8. The second-order valence-electron chi connectivity index (χ2n) is 6.26. The van der Waals surface area contributed by atoms with Crippen LogP contribution in [0.1, 0.15) is 37.2 Å². The summed E-state index contributed by atoms with van der Waals surface area (Å²) in [5.74, 6) is 1.90. The summed E-state index contributed by atoms with van der Waals surface area (Å²) >= 11 is 0. The molecule has 1 amide bonds. The van der Waals surface area contributed by atoms with Crippen LogP contribution in [-0.4, -0.2) is 54.3 Å². The molecule has 0 unspecified atom stereocenters. The van der Waals surface area contributed by atoms with Gasteiger partial charge in [0, 0.05) is 45.7 Å². The quantitative estimate of drug-likeness (QED) is 0.734. The van der Waals surface area contributed by atoms with Gasteiger partial charge < -0.3 is 18.9 Å². The van der Waals surface area contributed by atoms with Gasteiger partial charge in [-0.05, 0) is 32.1 Å². The van der Waals surface area contributed by atoms with Crippen LogP contribution in [0.2, 0.25) is 0 Å². The number of piperidine rings is 1. The van der Waals surface area contributed by atoms with Crippen molar-refractivity contribution in [1.29, 1.82) is 0 Å². The van der Waals surface area contributed by atoms with Gasteiger partial charge in [-0.1, -0.05) is 0 Å². The fraction of sp³-hybridized carbons (Fsp3) is 0.765. The molecule has 6 heteroatoms. The Morgan fingerprint density at radius 3 is 2.70 bits per heavy atom. The van der Waals surface area contributed by atoms with E-state index in [1.165, 1.54) is 5.69 Å². The topological polar surface area (TPSA) is 56.6 Å². The Morgan fingerprint density at radius 1 is 1.30 bits per heavy atom. The van der Waals surface area contributed by atoms with E-state index in [1.807, 2.05) is 11.1 Å². The van der Waals surface area contributed by atoms with Crippen LogP contribution in [0.15, 0.2) is 6.20 Å². The standard InChI is InChI=1S/C17H29N3O3/c1-14-12-18-16(13-23-3)20(14)10-6-15-4-8-19(9-5-15)17(21)7-11-22-2/h12,15H,4-11,13H2,1-3H3. The lowest BCUT2D eigenvalue weighted by Crippen LogP contribution is -2.39. The first-order valence-electron chi connectivity index (χ1n) is 8.42. The Morgan fingerprint density at radius 2 is 2.04 bits per heavy atom. The van der Waals surface area contributed by atoms with Crippen LogP contribution in [0, 0.1) is 12.8 Å². The third-order valence-electron chi connectivity index (χ3n) is 4.66. The number of hydrogen-bond donors (Lipinski definition) is 0. The number of hydrogen-bond acceptors (Lipinski definition) is 4. The molecular weight excluding hydrogens is 294 g/mol. The third-order valence-corrected chi connectivity index (χ3v) is 4.66. The van der Waals surface area contributed by atoms with Gasteiger partial charge in [-0.25, -0.2) is 4.98 Å². The van der Waals surface area contributed by atoms with E-state index in [0.717, 1.165) is 44.7 Å². The molecule has 0 atom stereocenters. The van der Waals surface area contributed by atoms with Crippen molar-refractivity contribution < 1.29 is 14.3 Å². The van der Waals surface area contributed by atoms with Crippen molar-refractivity contribution in [3.8, 4) is 0 Å². The first kappa shape index (κ1) is 17.9. The molecule has 6 nitrogen and oxygen atoms in total. The van der Waals surface area contributed by atoms with Crippen LogP contribution < -0.4 is 0 Å². The fourth-order valence-corrected chi connectivity index (χ4v) is 3.19. The van der Waals surface area contributed by atoms with Crippen molar-refractivity contribution in [3.63, 3.8) is 0 Å². The molecule has 0 N–H and O–H groups in total. The number of carbonyl (C=O) groups is 1. The van der Waals surface area contributed by atoms with E-state index in [2.05, 4.69) is 16.5 Å². The summed E-state index contributed by atoms with van der Waals surface area (Å²) in [5.41, 5.74) is 1.18. The van der Waals surface area contributed by atoms with Crippen LogP contribution in [0.25, 0.3) is 0 Å². The number of likely N-dealkylation sites (tertiary alicyclic amines) is 1. The molecule has 130 valence electrons. The van der Waals surface area contributed by atoms with Crippen molar-refractivity contribution >= 4 is 5.91 Å². The lowest BCUT2D eigenvalue weighted by molar-refractivity contribution is -0.133. The lowest BCUT2D eigenvalue weighted by Gasteiger charge is -2.32. The summed E-state index contributed by atoms with van der Waals surface area (Å²) in [7, 11) is 3.33. The number of aryl methyl sites for hydroxylation is 1. The summed E-state index contributed by atoms with van der Waals surface area (Å²) in [4.78, 5) is 18.4. The van der Waals surface area contributed by atoms with Crippen LogP contribution in [0.5, 0.6) is 0 Å². The van der Waals surface area contributed by atoms with Crippen molar-refractivity contribution in [3.05, 3.63) is 17.7 Å². The maximum atomic E-state index is 12.0. The molecule has 1 fully saturated rings. The number of nitrogens with zero attached hydrogens (tertiary/aromatic N) is 3. The zero-order chi connectivity index (χ0) is 16.7. The molecule has 23 heavy (non-hydrogen) atoms. The highest BCUT2D eigenvalue weighted by atomic mass is 16.5.